The van der Waals surface area contributed by atoms with E-state index in [0.717, 1.165) is 28.9 Å². The van der Waals surface area contributed by atoms with Crippen molar-refractivity contribution >= 4 is 11.4 Å². The summed E-state index contributed by atoms with van der Waals surface area (Å²) in [4.78, 5) is 17.2. The Bertz CT molecular complexity index is 970. The monoisotopic (exact) mass is 323 g/mol. The summed E-state index contributed by atoms with van der Waals surface area (Å²) in [6.07, 6.45) is 3.07. The number of rotatable bonds is 1. The molecule has 0 aliphatic heterocycles. The summed E-state index contributed by atoms with van der Waals surface area (Å²) >= 11 is 0. The molecule has 1 aliphatic carbocycles. The van der Waals surface area contributed by atoms with E-state index in [-0.39, 0.29) is 17.0 Å². The van der Waals surface area contributed by atoms with Gasteiger partial charge in [-0.2, -0.15) is 5.10 Å². The van der Waals surface area contributed by atoms with Crippen LogP contribution in [-0.4, -0.2) is 20.4 Å². The van der Waals surface area contributed by atoms with Crippen molar-refractivity contribution in [1.29, 1.82) is 0 Å². The van der Waals surface area contributed by atoms with E-state index >= 15 is 0 Å². The molecular weight excluding hydrogens is 305 g/mol. The number of fused-ring (bicyclic) bond motifs is 2. The molecule has 24 heavy (non-hydrogen) atoms. The molecule has 0 unspecified atom stereocenters. The normalized spacial score (nSPS) is 16.4. The van der Waals surface area contributed by atoms with E-state index in [9.17, 15) is 9.18 Å². The molecule has 4 nitrogen and oxygen atoms in total. The maximum Gasteiger partial charge on any atom is 0.166 e. The molecule has 0 N–H and O–H groups in total. The lowest BCUT2D eigenvalue weighted by Gasteiger charge is -2.29. The van der Waals surface area contributed by atoms with Gasteiger partial charge in [0.25, 0.3) is 0 Å². The Hall–Kier alpha value is -2.56. The smallest absolute Gasteiger partial charge is 0.166 e. The van der Waals surface area contributed by atoms with Gasteiger partial charge in [-0.25, -0.2) is 13.9 Å². The Morgan fingerprint density at radius 2 is 1.88 bits per heavy atom. The molecule has 0 amide bonds. The maximum atomic E-state index is 13.2. The minimum Gasteiger partial charge on any atom is -0.294 e. The van der Waals surface area contributed by atoms with Gasteiger partial charge in [0.2, 0.25) is 0 Å². The van der Waals surface area contributed by atoms with Crippen LogP contribution in [0, 0.1) is 18.2 Å². The first-order valence-electron chi connectivity index (χ1n) is 8.02. The van der Waals surface area contributed by atoms with Crippen molar-refractivity contribution in [2.24, 2.45) is 5.41 Å². The van der Waals surface area contributed by atoms with Crippen LogP contribution in [0.3, 0.4) is 0 Å². The zero-order valence-corrected chi connectivity index (χ0v) is 13.9. The molecule has 2 heterocycles. The second-order valence-corrected chi connectivity index (χ2v) is 7.28. The zero-order valence-electron chi connectivity index (χ0n) is 13.9. The highest BCUT2D eigenvalue weighted by molar-refractivity contribution is 5.98. The lowest BCUT2D eigenvalue weighted by Crippen LogP contribution is -2.28. The van der Waals surface area contributed by atoms with E-state index in [0.29, 0.717) is 17.6 Å². The van der Waals surface area contributed by atoms with Crippen LogP contribution >= 0.6 is 0 Å². The number of aryl methyl sites for hydroxylation is 1. The number of halogens is 1. The Balaban J connectivity index is 1.95. The Morgan fingerprint density at radius 3 is 2.58 bits per heavy atom. The molecule has 1 aliphatic rings. The van der Waals surface area contributed by atoms with Gasteiger partial charge in [0.1, 0.15) is 5.82 Å². The first-order valence-corrected chi connectivity index (χ1v) is 8.02. The fourth-order valence-corrected chi connectivity index (χ4v) is 3.49. The highest BCUT2D eigenvalue weighted by Gasteiger charge is 2.33. The van der Waals surface area contributed by atoms with Gasteiger partial charge in [-0.1, -0.05) is 26.0 Å². The third-order valence-corrected chi connectivity index (χ3v) is 4.58. The van der Waals surface area contributed by atoms with Crippen LogP contribution in [0.2, 0.25) is 0 Å². The number of Topliss-reactive ketones (excluding diaryl/α,β-unsaturated/α-hetero) is 1. The predicted octanol–water partition coefficient (Wildman–Crippen LogP) is 4.00. The number of benzene rings is 1. The van der Waals surface area contributed by atoms with Gasteiger partial charge >= 0.3 is 0 Å². The molecule has 0 atom stereocenters. The average molecular weight is 323 g/mol. The van der Waals surface area contributed by atoms with Gasteiger partial charge in [-0.3, -0.25) is 4.79 Å². The van der Waals surface area contributed by atoms with Gasteiger partial charge in [0.15, 0.2) is 11.4 Å². The van der Waals surface area contributed by atoms with E-state index in [1.54, 1.807) is 22.8 Å². The van der Waals surface area contributed by atoms with E-state index in [2.05, 4.69) is 18.9 Å². The molecule has 2 aromatic heterocycles. The molecule has 0 bridgehead atoms. The second kappa shape index (κ2) is 4.97. The summed E-state index contributed by atoms with van der Waals surface area (Å²) in [6, 6.07) is 6.33. The Kier molecular flexibility index (Phi) is 3.10. The third-order valence-electron chi connectivity index (χ3n) is 4.58. The standard InChI is InChI=1S/C19H18FN3O/c1-11-17(12-4-6-13(20)7-5-12)18-21-15-8-19(2,3)9-16(24)14(15)10-23(18)22-11/h4-7,10H,8-9H2,1-3H3. The summed E-state index contributed by atoms with van der Waals surface area (Å²) in [7, 11) is 0. The fraction of sp³-hybridized carbons (Fsp3) is 0.316. The molecule has 0 saturated carbocycles. The molecule has 1 aromatic carbocycles. The summed E-state index contributed by atoms with van der Waals surface area (Å²) < 4.78 is 14.9. The molecule has 4 rings (SSSR count). The van der Waals surface area contributed by atoms with Crippen molar-refractivity contribution in [3.8, 4) is 11.1 Å². The minimum atomic E-state index is -0.273. The van der Waals surface area contributed by atoms with Crippen molar-refractivity contribution in [3.63, 3.8) is 0 Å². The maximum absolute atomic E-state index is 13.2. The van der Waals surface area contributed by atoms with Crippen molar-refractivity contribution in [3.05, 3.63) is 53.2 Å². The van der Waals surface area contributed by atoms with Crippen molar-refractivity contribution < 1.29 is 9.18 Å². The molecule has 0 saturated heterocycles. The molecular formula is C19H18FN3O. The number of nitrogens with zero attached hydrogens (tertiary/aromatic N) is 3. The van der Waals surface area contributed by atoms with E-state index in [1.807, 2.05) is 6.92 Å². The van der Waals surface area contributed by atoms with E-state index in [1.165, 1.54) is 12.1 Å². The number of hydrogen-bond donors (Lipinski definition) is 0. The van der Waals surface area contributed by atoms with Crippen LogP contribution in [0.1, 0.15) is 42.0 Å². The number of carbonyl (C=O) groups excluding carboxylic acids is 1. The van der Waals surface area contributed by atoms with Crippen molar-refractivity contribution in [2.45, 2.75) is 33.6 Å². The molecule has 122 valence electrons. The summed E-state index contributed by atoms with van der Waals surface area (Å²) in [5.74, 6) is -0.155. The average Bonchev–Trinajstić information content (AvgIpc) is 2.80. The first-order chi connectivity index (χ1) is 11.3. The number of aromatic nitrogens is 3. The summed E-state index contributed by atoms with van der Waals surface area (Å²) in [5, 5.41) is 4.50. The highest BCUT2D eigenvalue weighted by Crippen LogP contribution is 2.35. The third kappa shape index (κ3) is 2.31. The van der Waals surface area contributed by atoms with Gasteiger partial charge in [-0.15, -0.1) is 0 Å². The van der Waals surface area contributed by atoms with Crippen LogP contribution in [0.4, 0.5) is 4.39 Å². The Labute approximate surface area is 139 Å². The minimum absolute atomic E-state index is 0.0828. The van der Waals surface area contributed by atoms with E-state index < -0.39 is 0 Å². The van der Waals surface area contributed by atoms with Gasteiger partial charge in [0.05, 0.1) is 17.0 Å². The van der Waals surface area contributed by atoms with Gasteiger partial charge in [0, 0.05) is 18.2 Å². The van der Waals surface area contributed by atoms with Crippen LogP contribution in [0.5, 0.6) is 0 Å². The quantitative estimate of drug-likeness (QED) is 0.680. The molecule has 0 fully saturated rings. The van der Waals surface area contributed by atoms with Crippen molar-refractivity contribution in [1.82, 2.24) is 14.6 Å². The number of carbonyl (C=O) groups is 1. The van der Waals surface area contributed by atoms with Gasteiger partial charge < -0.3 is 0 Å². The fourth-order valence-electron chi connectivity index (χ4n) is 3.49. The van der Waals surface area contributed by atoms with Gasteiger partial charge in [-0.05, 0) is 36.5 Å². The zero-order chi connectivity index (χ0) is 17.1. The topological polar surface area (TPSA) is 47.3 Å². The van der Waals surface area contributed by atoms with Crippen LogP contribution in [-0.2, 0) is 6.42 Å². The lowest BCUT2D eigenvalue weighted by atomic mass is 9.76. The number of ketones is 1. The Morgan fingerprint density at radius 1 is 1.17 bits per heavy atom. The molecule has 3 aromatic rings. The van der Waals surface area contributed by atoms with Crippen LogP contribution in [0.25, 0.3) is 16.8 Å². The predicted molar refractivity (Wildman–Crippen MR) is 89.6 cm³/mol. The van der Waals surface area contributed by atoms with Crippen LogP contribution < -0.4 is 0 Å². The van der Waals surface area contributed by atoms with Crippen molar-refractivity contribution in [2.75, 3.05) is 0 Å². The van der Waals surface area contributed by atoms with E-state index in [4.69, 9.17) is 4.98 Å². The highest BCUT2D eigenvalue weighted by atomic mass is 19.1. The first kappa shape index (κ1) is 15.0. The SMILES string of the molecule is Cc1nn2cc3c(nc2c1-c1ccc(F)cc1)CC(C)(C)CC3=O. The number of hydrogen-bond acceptors (Lipinski definition) is 3. The second-order valence-electron chi connectivity index (χ2n) is 7.28. The summed E-state index contributed by atoms with van der Waals surface area (Å²) in [5.41, 5.74) is 4.68. The lowest BCUT2D eigenvalue weighted by molar-refractivity contribution is 0.0909. The van der Waals surface area contributed by atoms with Crippen LogP contribution in [0.15, 0.2) is 30.5 Å². The molecule has 0 radical (unpaired) electrons. The largest absolute Gasteiger partial charge is 0.294 e. The molecule has 0 spiro atoms. The summed E-state index contributed by atoms with van der Waals surface area (Å²) in [6.45, 7) is 6.07. The molecule has 5 heteroatoms.